The Hall–Kier alpha value is -4.91. The first-order valence-corrected chi connectivity index (χ1v) is 13.1. The monoisotopic (exact) mass is 534 g/mol. The Balaban J connectivity index is 1.47. The molecule has 4 aromatic rings. The molecule has 1 atom stereocenters. The van der Waals surface area contributed by atoms with Gasteiger partial charge in [0, 0.05) is 24.5 Å². The number of ether oxygens (including phenoxy) is 2. The van der Waals surface area contributed by atoms with Gasteiger partial charge in [-0.05, 0) is 84.6 Å². The lowest BCUT2D eigenvalue weighted by Gasteiger charge is -2.25. The van der Waals surface area contributed by atoms with Crippen LogP contribution in [0.15, 0.2) is 103 Å². The van der Waals surface area contributed by atoms with Crippen LogP contribution < -0.4 is 9.47 Å². The summed E-state index contributed by atoms with van der Waals surface area (Å²) in [7, 11) is 0. The van der Waals surface area contributed by atoms with Crippen molar-refractivity contribution in [3.63, 3.8) is 0 Å². The van der Waals surface area contributed by atoms with Crippen molar-refractivity contribution in [2.24, 2.45) is 0 Å². The number of hydrogen-bond acceptors (Lipinski definition) is 6. The molecule has 1 aliphatic rings. The maximum absolute atomic E-state index is 13.4. The Morgan fingerprint density at radius 2 is 1.52 bits per heavy atom. The fourth-order valence-electron chi connectivity index (χ4n) is 4.79. The maximum Gasteiger partial charge on any atom is 0.295 e. The summed E-state index contributed by atoms with van der Waals surface area (Å²) in [6.07, 6.45) is 3.28. The fourth-order valence-corrected chi connectivity index (χ4v) is 4.79. The third-order valence-corrected chi connectivity index (χ3v) is 6.93. The van der Waals surface area contributed by atoms with E-state index >= 15 is 0 Å². The minimum Gasteiger partial charge on any atom is -0.507 e. The van der Waals surface area contributed by atoms with Crippen LogP contribution in [-0.4, -0.2) is 33.3 Å². The van der Waals surface area contributed by atoms with Gasteiger partial charge in [0.2, 0.25) is 0 Å². The van der Waals surface area contributed by atoms with Gasteiger partial charge < -0.3 is 19.5 Å². The molecule has 1 saturated heterocycles. The molecule has 0 spiro atoms. The zero-order valence-electron chi connectivity index (χ0n) is 22.4. The number of aliphatic hydroxyl groups is 1. The third kappa shape index (κ3) is 5.59. The highest BCUT2D eigenvalue weighted by atomic mass is 16.5. The summed E-state index contributed by atoms with van der Waals surface area (Å²) < 4.78 is 11.5. The fraction of sp³-hybridized carbons (Fsp3) is 0.182. The summed E-state index contributed by atoms with van der Waals surface area (Å²) in [6, 6.07) is 24.9. The molecule has 1 unspecified atom stereocenters. The van der Waals surface area contributed by atoms with Crippen LogP contribution >= 0.6 is 0 Å². The molecule has 0 radical (unpaired) electrons. The molecule has 5 rings (SSSR count). The molecule has 40 heavy (non-hydrogen) atoms. The number of benzene rings is 3. The number of hydrogen-bond donors (Lipinski definition) is 1. The summed E-state index contributed by atoms with van der Waals surface area (Å²) >= 11 is 0. The van der Waals surface area contributed by atoms with E-state index < -0.39 is 17.7 Å². The lowest BCUT2D eigenvalue weighted by atomic mass is 9.95. The number of aryl methyl sites for hydroxylation is 1. The number of aliphatic hydroxyl groups excluding tert-OH is 1. The van der Waals surface area contributed by atoms with Gasteiger partial charge in [-0.3, -0.25) is 14.6 Å². The van der Waals surface area contributed by atoms with Gasteiger partial charge in [0.05, 0.1) is 18.2 Å². The first-order chi connectivity index (χ1) is 19.5. The minimum absolute atomic E-state index is 0.0387. The molecular formula is C33H30N2O5. The molecule has 1 N–H and O–H groups in total. The van der Waals surface area contributed by atoms with E-state index in [-0.39, 0.29) is 17.9 Å². The van der Waals surface area contributed by atoms with Crippen molar-refractivity contribution in [3.8, 4) is 11.5 Å². The Morgan fingerprint density at radius 3 is 2.20 bits per heavy atom. The second kappa shape index (κ2) is 11.9. The molecule has 0 aliphatic carbocycles. The van der Waals surface area contributed by atoms with Gasteiger partial charge in [-0.2, -0.15) is 0 Å². The molecule has 0 saturated carbocycles. The smallest absolute Gasteiger partial charge is 0.295 e. The van der Waals surface area contributed by atoms with E-state index in [1.54, 1.807) is 60.9 Å². The minimum atomic E-state index is -0.777. The van der Waals surface area contributed by atoms with Crippen LogP contribution in [0.3, 0.4) is 0 Å². The van der Waals surface area contributed by atoms with Crippen LogP contribution in [-0.2, 0) is 22.7 Å². The van der Waals surface area contributed by atoms with E-state index in [0.717, 1.165) is 16.7 Å². The molecule has 1 aliphatic heterocycles. The van der Waals surface area contributed by atoms with Crippen molar-refractivity contribution in [3.05, 3.63) is 131 Å². The lowest BCUT2D eigenvalue weighted by Crippen LogP contribution is -2.29. The number of pyridine rings is 1. The number of rotatable bonds is 9. The normalized spacial score (nSPS) is 16.2. The quantitative estimate of drug-likeness (QED) is 0.161. The largest absolute Gasteiger partial charge is 0.507 e. The Bertz CT molecular complexity index is 1530. The van der Waals surface area contributed by atoms with E-state index in [4.69, 9.17) is 9.47 Å². The predicted molar refractivity (Wildman–Crippen MR) is 152 cm³/mol. The molecule has 0 bridgehead atoms. The van der Waals surface area contributed by atoms with Crippen LogP contribution in [0.4, 0.5) is 0 Å². The van der Waals surface area contributed by atoms with Gasteiger partial charge in [-0.1, -0.05) is 36.4 Å². The average Bonchev–Trinajstić information content (AvgIpc) is 3.23. The second-order valence-electron chi connectivity index (χ2n) is 9.52. The predicted octanol–water partition coefficient (Wildman–Crippen LogP) is 5.99. The lowest BCUT2D eigenvalue weighted by molar-refractivity contribution is -0.140. The van der Waals surface area contributed by atoms with Gasteiger partial charge >= 0.3 is 0 Å². The van der Waals surface area contributed by atoms with Gasteiger partial charge in [-0.25, -0.2) is 0 Å². The van der Waals surface area contributed by atoms with Crippen LogP contribution in [0.25, 0.3) is 5.76 Å². The van der Waals surface area contributed by atoms with Crippen LogP contribution in [0.2, 0.25) is 0 Å². The molecule has 1 fully saturated rings. The highest BCUT2D eigenvalue weighted by molar-refractivity contribution is 6.46. The number of nitrogens with zero attached hydrogens (tertiary/aromatic N) is 2. The van der Waals surface area contributed by atoms with Crippen LogP contribution in [0.1, 0.15) is 40.8 Å². The van der Waals surface area contributed by atoms with E-state index in [2.05, 4.69) is 4.98 Å². The first-order valence-electron chi connectivity index (χ1n) is 13.1. The number of carbonyl (C=O) groups is 2. The van der Waals surface area contributed by atoms with Crippen molar-refractivity contribution >= 4 is 17.4 Å². The van der Waals surface area contributed by atoms with Gasteiger partial charge in [0.1, 0.15) is 23.9 Å². The molecule has 202 valence electrons. The van der Waals surface area contributed by atoms with Gasteiger partial charge in [-0.15, -0.1) is 0 Å². The summed E-state index contributed by atoms with van der Waals surface area (Å²) in [4.78, 5) is 32.2. The number of ketones is 1. The van der Waals surface area contributed by atoms with Crippen molar-refractivity contribution in [2.75, 3.05) is 6.61 Å². The maximum atomic E-state index is 13.4. The summed E-state index contributed by atoms with van der Waals surface area (Å²) in [5.74, 6) is -0.333. The zero-order chi connectivity index (χ0) is 28.1. The average molecular weight is 535 g/mol. The Kier molecular flexibility index (Phi) is 7.92. The molecule has 1 aromatic heterocycles. The second-order valence-corrected chi connectivity index (χ2v) is 9.52. The van der Waals surface area contributed by atoms with Crippen molar-refractivity contribution in [1.82, 2.24) is 9.88 Å². The highest BCUT2D eigenvalue weighted by Crippen LogP contribution is 2.40. The topological polar surface area (TPSA) is 89.0 Å². The summed E-state index contributed by atoms with van der Waals surface area (Å²) in [5.41, 5.74) is 4.19. The van der Waals surface area contributed by atoms with Gasteiger partial charge in [0.15, 0.2) is 0 Å². The highest BCUT2D eigenvalue weighted by Gasteiger charge is 2.46. The van der Waals surface area contributed by atoms with E-state index in [1.807, 2.05) is 50.2 Å². The zero-order valence-corrected chi connectivity index (χ0v) is 22.4. The molecule has 2 heterocycles. The molecule has 3 aromatic carbocycles. The number of amides is 1. The standard InChI is InChI=1S/C33H30N2O5/c1-3-39-27-12-8-24(9-13-27)30-29(32(37)33(38)35(30)20-23-16-18-34-19-17-23)31(36)25-10-14-28(15-11-25)40-21-26-7-5-4-6-22(26)2/h4-19,30,36H,3,20-21H2,1-2H3. The summed E-state index contributed by atoms with van der Waals surface area (Å²) in [5, 5.41) is 11.4. The van der Waals surface area contributed by atoms with E-state index in [0.29, 0.717) is 35.8 Å². The van der Waals surface area contributed by atoms with Crippen molar-refractivity contribution in [2.45, 2.75) is 33.0 Å². The van der Waals surface area contributed by atoms with Crippen LogP contribution in [0, 0.1) is 6.92 Å². The SMILES string of the molecule is CCOc1ccc(C2C(=C(O)c3ccc(OCc4ccccc4C)cc3)C(=O)C(=O)N2Cc2ccncc2)cc1. The molecule has 1 amide bonds. The first kappa shape index (κ1) is 26.7. The summed E-state index contributed by atoms with van der Waals surface area (Å²) in [6.45, 7) is 5.05. The van der Waals surface area contributed by atoms with E-state index in [9.17, 15) is 14.7 Å². The van der Waals surface area contributed by atoms with Crippen LogP contribution in [0.5, 0.6) is 11.5 Å². The Labute approximate surface area is 233 Å². The molecular weight excluding hydrogens is 504 g/mol. The number of Topliss-reactive ketones (excluding diaryl/α,β-unsaturated/α-hetero) is 1. The van der Waals surface area contributed by atoms with Crippen molar-refractivity contribution in [1.29, 1.82) is 0 Å². The van der Waals surface area contributed by atoms with Crippen molar-refractivity contribution < 1.29 is 24.2 Å². The Morgan fingerprint density at radius 1 is 0.875 bits per heavy atom. The molecule has 7 nitrogen and oxygen atoms in total. The van der Waals surface area contributed by atoms with E-state index in [1.165, 1.54) is 4.90 Å². The number of carbonyl (C=O) groups excluding carboxylic acids is 2. The van der Waals surface area contributed by atoms with Gasteiger partial charge in [0.25, 0.3) is 11.7 Å². The third-order valence-electron chi connectivity index (χ3n) is 6.93. The number of likely N-dealkylation sites (tertiary alicyclic amines) is 1. The number of aromatic nitrogens is 1. The molecule has 7 heteroatoms.